The van der Waals surface area contributed by atoms with Crippen molar-refractivity contribution in [3.8, 4) is 0 Å². The Labute approximate surface area is 477 Å². The van der Waals surface area contributed by atoms with Gasteiger partial charge in [0.1, 0.15) is 44.0 Å². The Kier molecular flexibility index (Phi) is 26.3. The van der Waals surface area contributed by atoms with E-state index < -0.39 is 48.0 Å². The molecule has 1 heterocycles. The molecule has 1 aliphatic heterocycles. The molecule has 0 bridgehead atoms. The molecule has 0 aromatic heterocycles. The van der Waals surface area contributed by atoms with Crippen LogP contribution in [-0.4, -0.2) is 147 Å². The summed E-state index contributed by atoms with van der Waals surface area (Å²) in [4.78, 5) is 66.5. The lowest BCUT2D eigenvalue weighted by molar-refractivity contribution is -0.158. The molecule has 0 saturated carbocycles. The Hall–Kier alpha value is -7.34. The van der Waals surface area contributed by atoms with Gasteiger partial charge in [-0.15, -0.1) is 6.58 Å². The number of nitrogens with zero attached hydrogens (tertiary/aromatic N) is 4. The van der Waals surface area contributed by atoms with Crippen LogP contribution in [0.1, 0.15) is 46.2 Å². The molecule has 6 aromatic rings. The second-order valence-corrected chi connectivity index (χ2v) is 19.9. The van der Waals surface area contributed by atoms with E-state index in [1.54, 1.807) is 6.08 Å². The van der Waals surface area contributed by atoms with Crippen molar-refractivity contribution in [3.63, 3.8) is 0 Å². The molecule has 1 saturated heterocycles. The zero-order chi connectivity index (χ0) is 56.7. The van der Waals surface area contributed by atoms with E-state index >= 15 is 0 Å². The number of carbonyl (C=O) groups excluding carboxylic acids is 4. The predicted molar refractivity (Wildman–Crippen MR) is 310 cm³/mol. The summed E-state index contributed by atoms with van der Waals surface area (Å²) in [5, 5.41) is 0. The van der Waals surface area contributed by atoms with E-state index in [1.165, 1.54) is 7.11 Å². The van der Waals surface area contributed by atoms with Gasteiger partial charge in [-0.1, -0.05) is 188 Å². The van der Waals surface area contributed by atoms with Crippen LogP contribution in [0, 0.1) is 0 Å². The third-order valence-corrected chi connectivity index (χ3v) is 14.2. The fourth-order valence-electron chi connectivity index (χ4n) is 9.61. The number of carbonyl (C=O) groups is 4. The minimum Gasteiger partial charge on any atom is -0.468 e. The number of allylic oxidation sites excluding steroid dienone is 1. The normalized spacial score (nSPS) is 15.6. The molecule has 7 rings (SSSR count). The third-order valence-electron chi connectivity index (χ3n) is 14.2. The minimum absolute atomic E-state index is 0.0221. The van der Waals surface area contributed by atoms with Gasteiger partial charge in [-0.05, 0) is 46.2 Å². The Morgan fingerprint density at radius 3 is 0.840 bits per heavy atom. The summed E-state index contributed by atoms with van der Waals surface area (Å²) in [6.45, 7) is 6.70. The smallest absolute Gasteiger partial charge is 0.326 e. The quantitative estimate of drug-likeness (QED) is 0.0251. The molecular weight excluding hydrogens is 1020 g/mol. The van der Waals surface area contributed by atoms with Crippen LogP contribution in [0.2, 0.25) is 0 Å². The van der Waals surface area contributed by atoms with E-state index in [0.717, 1.165) is 33.4 Å². The average molecular weight is 1100 g/mol. The molecule has 15 nitrogen and oxygen atoms in total. The number of esters is 4. The minimum atomic E-state index is -0.946. The number of methoxy groups -OCH3 is 1. The van der Waals surface area contributed by atoms with Crippen molar-refractivity contribution >= 4 is 23.9 Å². The monoisotopic (exact) mass is 1100 g/mol. The molecule has 4 atom stereocenters. The van der Waals surface area contributed by atoms with Crippen molar-refractivity contribution < 1.29 is 52.3 Å². The number of rotatable bonds is 29. The molecule has 0 amide bonds. The van der Waals surface area contributed by atoms with Crippen LogP contribution >= 0.6 is 0 Å². The van der Waals surface area contributed by atoms with Crippen molar-refractivity contribution in [2.24, 2.45) is 0 Å². The highest BCUT2D eigenvalue weighted by molar-refractivity contribution is 5.77. The summed E-state index contributed by atoms with van der Waals surface area (Å²) >= 11 is 0. The van der Waals surface area contributed by atoms with Gasteiger partial charge in [-0.2, -0.15) is 0 Å². The van der Waals surface area contributed by atoms with Crippen LogP contribution in [0.4, 0.5) is 0 Å². The zero-order valence-corrected chi connectivity index (χ0v) is 46.6. The zero-order valence-electron chi connectivity index (χ0n) is 46.6. The van der Waals surface area contributed by atoms with Gasteiger partial charge in [0.25, 0.3) is 0 Å². The second-order valence-electron chi connectivity index (χ2n) is 19.9. The molecule has 1 aliphatic rings. The van der Waals surface area contributed by atoms with Gasteiger partial charge in [-0.3, -0.25) is 38.8 Å². The van der Waals surface area contributed by atoms with Crippen LogP contribution < -0.4 is 0 Å². The van der Waals surface area contributed by atoms with Crippen LogP contribution in [-0.2, 0) is 92.0 Å². The summed E-state index contributed by atoms with van der Waals surface area (Å²) in [6.07, 6.45) is 2.71. The first-order valence-corrected chi connectivity index (χ1v) is 27.9. The number of ether oxygens (including phenoxy) is 7. The van der Waals surface area contributed by atoms with Gasteiger partial charge in [0.05, 0.1) is 46.8 Å². The van der Waals surface area contributed by atoms with Gasteiger partial charge in [0.2, 0.25) is 0 Å². The van der Waals surface area contributed by atoms with E-state index in [1.807, 2.05) is 197 Å². The van der Waals surface area contributed by atoms with Gasteiger partial charge in [0.15, 0.2) is 0 Å². The van der Waals surface area contributed by atoms with Crippen molar-refractivity contribution in [2.45, 2.75) is 76.7 Å². The van der Waals surface area contributed by atoms with E-state index in [2.05, 4.69) is 11.5 Å². The Morgan fingerprint density at radius 1 is 0.370 bits per heavy atom. The number of hydrogen-bond donors (Lipinski definition) is 0. The molecule has 0 aliphatic carbocycles. The highest BCUT2D eigenvalue weighted by atomic mass is 16.6. The first kappa shape index (κ1) is 61.3. The van der Waals surface area contributed by atoms with Crippen LogP contribution in [0.5, 0.6) is 0 Å². The Balaban J connectivity index is 1.28. The highest BCUT2D eigenvalue weighted by Gasteiger charge is 2.37. The third kappa shape index (κ3) is 20.9. The summed E-state index contributed by atoms with van der Waals surface area (Å²) in [6, 6.07) is 54.2. The predicted octanol–water partition coefficient (Wildman–Crippen LogP) is 8.70. The molecule has 4 unspecified atom stereocenters. The lowest BCUT2D eigenvalue weighted by Crippen LogP contribution is -2.58. The van der Waals surface area contributed by atoms with Crippen LogP contribution in [0.3, 0.4) is 0 Å². The lowest BCUT2D eigenvalue weighted by atomic mass is 10.1. The van der Waals surface area contributed by atoms with E-state index in [0.29, 0.717) is 12.8 Å². The Morgan fingerprint density at radius 2 is 0.605 bits per heavy atom. The fraction of sp³-hybridized carbons (Fsp3) is 0.364. The molecule has 6 aromatic carbocycles. The largest absolute Gasteiger partial charge is 0.468 e. The number of benzene rings is 6. The molecule has 15 heteroatoms. The second kappa shape index (κ2) is 34.7. The van der Waals surface area contributed by atoms with Gasteiger partial charge >= 0.3 is 23.9 Å². The standard InChI is InChI=1S/C66H78N4O11/c1-3-4-35-59(63(71)75-2)67-36-38-68(60(50-76-44-53-23-11-5-12-24-53)64(72)79-47-56-29-17-8-18-30-56)40-42-70(62(52-78-46-55-27-15-7-16-28-55)66(74)81-49-58-33-21-10-22-34-58)43-41-69(39-37-67)61(51-77-45-54-25-13-6-14-26-54)65(73)80-48-57-31-19-9-20-32-57/h3,5-34,59-62H,1,4,35-52H2,2H3. The fourth-order valence-corrected chi connectivity index (χ4v) is 9.61. The number of hydrogen-bond acceptors (Lipinski definition) is 15. The van der Waals surface area contributed by atoms with Crippen molar-refractivity contribution in [1.29, 1.82) is 0 Å². The SMILES string of the molecule is C=CCCC(C(=O)OC)N1CCN(C(COCc2ccccc2)C(=O)OCc2ccccc2)CCN(C(COCc2ccccc2)C(=O)OCc2ccccc2)CCN(C(COCc2ccccc2)C(=O)OCc2ccccc2)CC1. The maximum atomic E-state index is 14.9. The van der Waals surface area contributed by atoms with Crippen LogP contribution in [0.25, 0.3) is 0 Å². The van der Waals surface area contributed by atoms with Gasteiger partial charge in [-0.25, -0.2) is 0 Å². The lowest BCUT2D eigenvalue weighted by Gasteiger charge is -2.40. The summed E-state index contributed by atoms with van der Waals surface area (Å²) in [5.41, 5.74) is 5.29. The molecular formula is C66H78N4O11. The summed E-state index contributed by atoms with van der Waals surface area (Å²) in [5.74, 6) is -1.90. The summed E-state index contributed by atoms with van der Waals surface area (Å²) < 4.78 is 43.1. The van der Waals surface area contributed by atoms with E-state index in [9.17, 15) is 19.2 Å². The molecule has 0 spiro atoms. The summed E-state index contributed by atoms with van der Waals surface area (Å²) in [7, 11) is 1.38. The maximum absolute atomic E-state index is 14.9. The molecule has 0 radical (unpaired) electrons. The highest BCUT2D eigenvalue weighted by Crippen LogP contribution is 2.19. The first-order chi connectivity index (χ1) is 39.8. The van der Waals surface area contributed by atoms with E-state index in [-0.39, 0.29) is 112 Å². The van der Waals surface area contributed by atoms with E-state index in [4.69, 9.17) is 33.2 Å². The average Bonchev–Trinajstić information content (AvgIpc) is 3.51. The van der Waals surface area contributed by atoms with Gasteiger partial charge in [0, 0.05) is 52.4 Å². The maximum Gasteiger partial charge on any atom is 0.326 e. The molecule has 0 N–H and O–H groups in total. The van der Waals surface area contributed by atoms with Crippen molar-refractivity contribution in [2.75, 3.05) is 79.3 Å². The molecule has 1 fully saturated rings. The topological polar surface area (TPSA) is 146 Å². The first-order valence-electron chi connectivity index (χ1n) is 27.9. The van der Waals surface area contributed by atoms with Crippen molar-refractivity contribution in [3.05, 3.63) is 228 Å². The molecule has 428 valence electrons. The van der Waals surface area contributed by atoms with Crippen LogP contribution in [0.15, 0.2) is 195 Å². The Bertz CT molecular complexity index is 2630. The van der Waals surface area contributed by atoms with Gasteiger partial charge < -0.3 is 33.2 Å². The van der Waals surface area contributed by atoms with Crippen molar-refractivity contribution in [1.82, 2.24) is 19.6 Å². The molecule has 81 heavy (non-hydrogen) atoms.